The smallest absolute Gasteiger partial charge is 0.340 e. The average Bonchev–Trinajstić information content (AvgIpc) is 3.35. The van der Waals surface area contributed by atoms with Crippen molar-refractivity contribution in [3.8, 4) is 6.07 Å². The van der Waals surface area contributed by atoms with E-state index in [-0.39, 0.29) is 11.3 Å². The SMILES string of the molecule is N#Cc1nn(Cc2ccc3ncc(C4CC4)cc3c2)cc1C(=O)O. The highest BCUT2D eigenvalue weighted by Crippen LogP contribution is 2.40. The van der Waals surface area contributed by atoms with Crippen LogP contribution >= 0.6 is 0 Å². The number of nitrogens with zero attached hydrogens (tertiary/aromatic N) is 4. The van der Waals surface area contributed by atoms with Crippen molar-refractivity contribution in [2.75, 3.05) is 0 Å². The average molecular weight is 318 g/mol. The maximum absolute atomic E-state index is 11.1. The number of benzene rings is 1. The van der Waals surface area contributed by atoms with E-state index in [0.717, 1.165) is 16.5 Å². The molecule has 6 heteroatoms. The molecule has 0 amide bonds. The van der Waals surface area contributed by atoms with Gasteiger partial charge in [0.1, 0.15) is 11.6 Å². The summed E-state index contributed by atoms with van der Waals surface area (Å²) >= 11 is 0. The van der Waals surface area contributed by atoms with Gasteiger partial charge in [0.2, 0.25) is 0 Å². The Bertz CT molecular complexity index is 996. The van der Waals surface area contributed by atoms with Crippen molar-refractivity contribution >= 4 is 16.9 Å². The molecule has 0 aliphatic heterocycles. The number of aromatic nitrogens is 3. The van der Waals surface area contributed by atoms with Gasteiger partial charge in [-0.1, -0.05) is 6.07 Å². The van der Waals surface area contributed by atoms with Crippen LogP contribution < -0.4 is 0 Å². The van der Waals surface area contributed by atoms with Crippen LogP contribution in [0.2, 0.25) is 0 Å². The Labute approximate surface area is 138 Å². The van der Waals surface area contributed by atoms with Crippen LogP contribution in [0.1, 0.15) is 45.9 Å². The minimum atomic E-state index is -1.14. The largest absolute Gasteiger partial charge is 0.478 e. The number of carboxylic acids is 1. The van der Waals surface area contributed by atoms with Gasteiger partial charge in [0, 0.05) is 17.8 Å². The first kappa shape index (κ1) is 14.4. The molecule has 1 saturated carbocycles. The van der Waals surface area contributed by atoms with E-state index in [1.165, 1.54) is 29.3 Å². The van der Waals surface area contributed by atoms with Crippen LogP contribution in [0.3, 0.4) is 0 Å². The number of hydrogen-bond acceptors (Lipinski definition) is 4. The summed E-state index contributed by atoms with van der Waals surface area (Å²) < 4.78 is 1.49. The lowest BCUT2D eigenvalue weighted by Crippen LogP contribution is -2.01. The van der Waals surface area contributed by atoms with Crippen molar-refractivity contribution < 1.29 is 9.90 Å². The summed E-state index contributed by atoms with van der Waals surface area (Å²) in [6.07, 6.45) is 5.81. The summed E-state index contributed by atoms with van der Waals surface area (Å²) in [6.45, 7) is 0.408. The zero-order valence-corrected chi connectivity index (χ0v) is 12.8. The normalized spacial score (nSPS) is 13.8. The molecule has 1 aromatic carbocycles. The molecule has 0 bridgehead atoms. The third kappa shape index (κ3) is 2.61. The van der Waals surface area contributed by atoms with Crippen LogP contribution in [-0.4, -0.2) is 25.8 Å². The molecule has 4 rings (SSSR count). The quantitative estimate of drug-likeness (QED) is 0.798. The topological polar surface area (TPSA) is 91.8 Å². The molecule has 0 unspecified atom stereocenters. The van der Waals surface area contributed by atoms with Crippen molar-refractivity contribution in [1.29, 1.82) is 5.26 Å². The van der Waals surface area contributed by atoms with Crippen LogP contribution in [0.25, 0.3) is 10.9 Å². The lowest BCUT2D eigenvalue weighted by atomic mass is 10.1. The summed E-state index contributed by atoms with van der Waals surface area (Å²) in [6, 6.07) is 9.93. The van der Waals surface area contributed by atoms with E-state index in [4.69, 9.17) is 10.4 Å². The predicted molar refractivity (Wildman–Crippen MR) is 86.7 cm³/mol. The number of aromatic carboxylic acids is 1. The molecule has 1 aliphatic rings. The highest BCUT2D eigenvalue weighted by molar-refractivity contribution is 5.89. The Morgan fingerprint density at radius 3 is 2.88 bits per heavy atom. The number of fused-ring (bicyclic) bond motifs is 1. The van der Waals surface area contributed by atoms with Crippen LogP contribution in [0.4, 0.5) is 0 Å². The highest BCUT2D eigenvalue weighted by Gasteiger charge is 2.23. The Morgan fingerprint density at radius 2 is 2.21 bits per heavy atom. The molecule has 24 heavy (non-hydrogen) atoms. The molecule has 1 aliphatic carbocycles. The molecule has 118 valence electrons. The van der Waals surface area contributed by atoms with Crippen molar-refractivity contribution in [2.24, 2.45) is 0 Å². The van der Waals surface area contributed by atoms with Gasteiger partial charge in [-0.25, -0.2) is 4.79 Å². The van der Waals surface area contributed by atoms with Gasteiger partial charge < -0.3 is 5.11 Å². The fourth-order valence-corrected chi connectivity index (χ4v) is 2.86. The minimum absolute atomic E-state index is 0.0685. The van der Waals surface area contributed by atoms with E-state index in [2.05, 4.69) is 16.1 Å². The van der Waals surface area contributed by atoms with Crippen LogP contribution in [-0.2, 0) is 6.54 Å². The molecule has 1 N–H and O–H groups in total. The molecule has 3 aromatic rings. The second kappa shape index (κ2) is 5.46. The summed E-state index contributed by atoms with van der Waals surface area (Å²) in [4.78, 5) is 15.6. The molecule has 1 fully saturated rings. The summed E-state index contributed by atoms with van der Waals surface area (Å²) in [5, 5.41) is 23.2. The molecule has 0 atom stereocenters. The van der Waals surface area contributed by atoms with E-state index in [9.17, 15) is 4.79 Å². The number of rotatable bonds is 4. The van der Waals surface area contributed by atoms with Crippen molar-refractivity contribution in [3.05, 3.63) is 59.0 Å². The van der Waals surface area contributed by atoms with Gasteiger partial charge in [0.05, 0.1) is 12.1 Å². The number of pyridine rings is 1. The number of carbonyl (C=O) groups is 1. The zero-order valence-electron chi connectivity index (χ0n) is 12.8. The molecule has 6 nitrogen and oxygen atoms in total. The van der Waals surface area contributed by atoms with Gasteiger partial charge in [-0.15, -0.1) is 0 Å². The van der Waals surface area contributed by atoms with Gasteiger partial charge in [-0.2, -0.15) is 10.4 Å². The van der Waals surface area contributed by atoms with Crippen LogP contribution in [0.15, 0.2) is 36.7 Å². The second-order valence-corrected chi connectivity index (χ2v) is 6.08. The number of carboxylic acid groups (broad SMARTS) is 1. The molecule has 0 radical (unpaired) electrons. The maximum Gasteiger partial charge on any atom is 0.340 e. The van der Waals surface area contributed by atoms with E-state index >= 15 is 0 Å². The number of nitriles is 1. The van der Waals surface area contributed by atoms with E-state index in [1.807, 2.05) is 30.5 Å². The lowest BCUT2D eigenvalue weighted by molar-refractivity contribution is 0.0696. The zero-order chi connectivity index (χ0) is 16.7. The monoisotopic (exact) mass is 318 g/mol. The summed E-state index contributed by atoms with van der Waals surface area (Å²) in [5.41, 5.74) is 3.06. The van der Waals surface area contributed by atoms with Crippen LogP contribution in [0, 0.1) is 11.3 Å². The number of hydrogen-bond donors (Lipinski definition) is 1. The first-order valence-corrected chi connectivity index (χ1v) is 7.73. The molecular weight excluding hydrogens is 304 g/mol. The first-order valence-electron chi connectivity index (χ1n) is 7.73. The fraction of sp³-hybridized carbons (Fsp3) is 0.222. The van der Waals surface area contributed by atoms with Gasteiger partial charge >= 0.3 is 5.97 Å². The molecular formula is C18H14N4O2. The van der Waals surface area contributed by atoms with E-state index in [1.54, 1.807) is 0 Å². The maximum atomic E-state index is 11.1. The van der Waals surface area contributed by atoms with E-state index in [0.29, 0.717) is 12.5 Å². The Kier molecular flexibility index (Phi) is 3.28. The van der Waals surface area contributed by atoms with E-state index < -0.39 is 5.97 Å². The van der Waals surface area contributed by atoms with Crippen molar-refractivity contribution in [2.45, 2.75) is 25.3 Å². The molecule has 0 saturated heterocycles. The lowest BCUT2D eigenvalue weighted by Gasteiger charge is -2.05. The van der Waals surface area contributed by atoms with Gasteiger partial charge in [0.15, 0.2) is 5.69 Å². The van der Waals surface area contributed by atoms with Crippen molar-refractivity contribution in [3.63, 3.8) is 0 Å². The summed E-state index contributed by atoms with van der Waals surface area (Å²) in [7, 11) is 0. The standard InChI is InChI=1S/C18H14N4O2/c19-7-17-15(18(23)24)10-22(21-17)9-11-1-4-16-13(5-11)6-14(8-20-16)12-2-3-12/h1,4-6,8,10,12H,2-3,9H2,(H,23,24). The fourth-order valence-electron chi connectivity index (χ4n) is 2.86. The first-order chi connectivity index (χ1) is 11.6. The highest BCUT2D eigenvalue weighted by atomic mass is 16.4. The Morgan fingerprint density at radius 1 is 1.38 bits per heavy atom. The second-order valence-electron chi connectivity index (χ2n) is 6.08. The van der Waals surface area contributed by atoms with Gasteiger partial charge in [0.25, 0.3) is 0 Å². The van der Waals surface area contributed by atoms with Crippen molar-refractivity contribution in [1.82, 2.24) is 14.8 Å². The molecule has 2 aromatic heterocycles. The van der Waals surface area contributed by atoms with Crippen LogP contribution in [0.5, 0.6) is 0 Å². The van der Waals surface area contributed by atoms with Gasteiger partial charge in [-0.3, -0.25) is 9.67 Å². The predicted octanol–water partition coefficient (Wildman–Crippen LogP) is 2.93. The third-order valence-electron chi connectivity index (χ3n) is 4.26. The molecule has 2 heterocycles. The minimum Gasteiger partial charge on any atom is -0.478 e. The van der Waals surface area contributed by atoms with Gasteiger partial charge in [-0.05, 0) is 48.1 Å². The molecule has 0 spiro atoms. The Hall–Kier alpha value is -3.20. The summed E-state index contributed by atoms with van der Waals surface area (Å²) in [5.74, 6) is -0.498. The Balaban J connectivity index is 1.66. The third-order valence-corrected chi connectivity index (χ3v) is 4.26.